The van der Waals surface area contributed by atoms with E-state index in [0.717, 1.165) is 0 Å². The zero-order valence-corrected chi connectivity index (χ0v) is 19.6. The van der Waals surface area contributed by atoms with Crippen LogP contribution in [0.5, 0.6) is 0 Å². The van der Waals surface area contributed by atoms with E-state index in [9.17, 15) is 0 Å². The third kappa shape index (κ3) is 3.93. The van der Waals surface area contributed by atoms with Crippen molar-refractivity contribution in [3.8, 4) is 0 Å². The quantitative estimate of drug-likeness (QED) is 0.419. The van der Waals surface area contributed by atoms with Crippen molar-refractivity contribution in [1.82, 2.24) is 0 Å². The molecule has 0 radical (unpaired) electrons. The Bertz CT molecular complexity index is 677. The van der Waals surface area contributed by atoms with Gasteiger partial charge in [0.05, 0.1) is 0 Å². The summed E-state index contributed by atoms with van der Waals surface area (Å²) in [6.45, 7) is 18.9. The van der Waals surface area contributed by atoms with Crippen molar-refractivity contribution in [2.24, 2.45) is 5.92 Å². The lowest BCUT2D eigenvalue weighted by molar-refractivity contribution is 0.803. The SMILES string of the molecule is CCCC[Si](CCCC)(C1=C(C)C(C)=C(C)C1C)c1cc(C)cc(C)c1. The van der Waals surface area contributed by atoms with Crippen molar-refractivity contribution in [3.05, 3.63) is 51.2 Å². The molecule has 0 fully saturated rings. The summed E-state index contributed by atoms with van der Waals surface area (Å²) in [7, 11) is -1.72. The molecule has 0 N–H and O–H groups in total. The smallest absolute Gasteiger partial charge is 0.0657 e. The summed E-state index contributed by atoms with van der Waals surface area (Å²) < 4.78 is 0. The number of allylic oxidation sites excluding steroid dienone is 4. The summed E-state index contributed by atoms with van der Waals surface area (Å²) in [5, 5.41) is 3.57. The van der Waals surface area contributed by atoms with Gasteiger partial charge in [-0.15, -0.1) is 0 Å². The van der Waals surface area contributed by atoms with Crippen LogP contribution in [-0.4, -0.2) is 8.07 Å². The summed E-state index contributed by atoms with van der Waals surface area (Å²) in [5.41, 5.74) is 7.70. The molecular formula is C25H40Si. The molecule has 0 heterocycles. The van der Waals surface area contributed by atoms with Gasteiger partial charge in [-0.2, -0.15) is 0 Å². The highest BCUT2D eigenvalue weighted by Crippen LogP contribution is 2.45. The second-order valence-corrected chi connectivity index (χ2v) is 13.0. The van der Waals surface area contributed by atoms with Gasteiger partial charge in [-0.25, -0.2) is 0 Å². The normalized spacial score (nSPS) is 18.2. The minimum absolute atomic E-state index is 0.635. The molecular weight excluding hydrogens is 328 g/mol. The number of benzene rings is 1. The lowest BCUT2D eigenvalue weighted by Gasteiger charge is -2.38. The van der Waals surface area contributed by atoms with Crippen LogP contribution in [0.2, 0.25) is 12.1 Å². The van der Waals surface area contributed by atoms with Crippen LogP contribution in [0.25, 0.3) is 0 Å². The van der Waals surface area contributed by atoms with E-state index in [4.69, 9.17) is 0 Å². The zero-order chi connectivity index (χ0) is 19.5. The van der Waals surface area contributed by atoms with E-state index in [-0.39, 0.29) is 0 Å². The van der Waals surface area contributed by atoms with Gasteiger partial charge in [0.1, 0.15) is 8.07 Å². The van der Waals surface area contributed by atoms with E-state index in [1.54, 1.807) is 21.9 Å². The van der Waals surface area contributed by atoms with Crippen LogP contribution in [0.1, 0.15) is 78.4 Å². The Morgan fingerprint density at radius 3 is 1.65 bits per heavy atom. The van der Waals surface area contributed by atoms with E-state index in [1.807, 2.05) is 5.20 Å². The van der Waals surface area contributed by atoms with Crippen LogP contribution in [0.15, 0.2) is 40.1 Å². The molecule has 0 amide bonds. The zero-order valence-electron chi connectivity index (χ0n) is 18.6. The second kappa shape index (κ2) is 8.74. The first-order chi connectivity index (χ1) is 12.3. The molecule has 0 bridgehead atoms. The number of hydrogen-bond donors (Lipinski definition) is 0. The Balaban J connectivity index is 2.71. The van der Waals surface area contributed by atoms with Crippen molar-refractivity contribution < 1.29 is 0 Å². The highest BCUT2D eigenvalue weighted by Gasteiger charge is 2.43. The molecule has 1 aliphatic rings. The minimum atomic E-state index is -1.72. The monoisotopic (exact) mass is 368 g/mol. The molecule has 1 atom stereocenters. The Labute approximate surface area is 163 Å². The van der Waals surface area contributed by atoms with Crippen LogP contribution in [0, 0.1) is 19.8 Å². The molecule has 1 aliphatic carbocycles. The van der Waals surface area contributed by atoms with Crippen LogP contribution < -0.4 is 5.19 Å². The summed E-state index contributed by atoms with van der Waals surface area (Å²) >= 11 is 0. The van der Waals surface area contributed by atoms with Crippen LogP contribution >= 0.6 is 0 Å². The van der Waals surface area contributed by atoms with Crippen molar-refractivity contribution in [3.63, 3.8) is 0 Å². The van der Waals surface area contributed by atoms with Crippen molar-refractivity contribution in [2.45, 2.75) is 93.2 Å². The summed E-state index contributed by atoms with van der Waals surface area (Å²) in [4.78, 5) is 0. The maximum absolute atomic E-state index is 2.54. The van der Waals surface area contributed by atoms with Crippen LogP contribution in [-0.2, 0) is 0 Å². The van der Waals surface area contributed by atoms with Gasteiger partial charge < -0.3 is 0 Å². The molecule has 0 spiro atoms. The Morgan fingerprint density at radius 2 is 1.27 bits per heavy atom. The largest absolute Gasteiger partial charge is 0.114 e. The summed E-state index contributed by atoms with van der Waals surface area (Å²) in [5.74, 6) is 0.635. The summed E-state index contributed by atoms with van der Waals surface area (Å²) in [6.07, 6.45) is 5.34. The third-order valence-electron chi connectivity index (χ3n) is 6.84. The first-order valence-corrected chi connectivity index (χ1v) is 13.2. The first-order valence-electron chi connectivity index (χ1n) is 10.8. The Kier molecular flexibility index (Phi) is 7.13. The minimum Gasteiger partial charge on any atom is -0.0657 e. The fourth-order valence-corrected chi connectivity index (χ4v) is 11.7. The maximum Gasteiger partial charge on any atom is 0.114 e. The molecule has 1 aromatic rings. The molecule has 1 aromatic carbocycles. The van der Waals surface area contributed by atoms with Gasteiger partial charge in [-0.05, 0) is 58.2 Å². The predicted molar refractivity (Wildman–Crippen MR) is 121 cm³/mol. The van der Waals surface area contributed by atoms with E-state index in [0.29, 0.717) is 5.92 Å². The van der Waals surface area contributed by atoms with Gasteiger partial charge in [-0.3, -0.25) is 0 Å². The van der Waals surface area contributed by atoms with Crippen molar-refractivity contribution in [2.75, 3.05) is 0 Å². The first kappa shape index (κ1) is 21.2. The molecule has 0 saturated heterocycles. The van der Waals surface area contributed by atoms with Gasteiger partial charge in [0.15, 0.2) is 0 Å². The fraction of sp³-hybridized carbons (Fsp3) is 0.600. The standard InChI is InChI=1S/C25H40Si/c1-9-11-13-26(14-12-10-2,24-16-18(3)15-19(4)17-24)25-22(7)20(5)21(6)23(25)8/h15-17,22H,9-14H2,1-8H3. The Hall–Kier alpha value is -1.08. The molecule has 26 heavy (non-hydrogen) atoms. The highest BCUT2D eigenvalue weighted by atomic mass is 28.3. The maximum atomic E-state index is 2.54. The lowest BCUT2D eigenvalue weighted by Crippen LogP contribution is -2.51. The van der Waals surface area contributed by atoms with Crippen molar-refractivity contribution in [1.29, 1.82) is 0 Å². The Morgan fingerprint density at radius 1 is 0.769 bits per heavy atom. The molecule has 1 unspecified atom stereocenters. The number of unbranched alkanes of at least 4 members (excludes halogenated alkanes) is 2. The average Bonchev–Trinajstić information content (AvgIpc) is 2.79. The molecule has 0 aliphatic heterocycles. The second-order valence-electron chi connectivity index (χ2n) is 8.73. The van der Waals surface area contributed by atoms with Crippen LogP contribution in [0.4, 0.5) is 0 Å². The number of rotatable bonds is 8. The van der Waals surface area contributed by atoms with E-state index >= 15 is 0 Å². The molecule has 144 valence electrons. The number of aryl methyl sites for hydroxylation is 2. The van der Waals surface area contributed by atoms with Crippen LogP contribution in [0.3, 0.4) is 0 Å². The van der Waals surface area contributed by atoms with Gasteiger partial charge in [-0.1, -0.05) is 97.3 Å². The molecule has 2 rings (SSSR count). The fourth-order valence-electron chi connectivity index (χ4n) is 5.18. The number of hydrogen-bond acceptors (Lipinski definition) is 0. The molecule has 0 aromatic heterocycles. The van der Waals surface area contributed by atoms with E-state index in [2.05, 4.69) is 73.6 Å². The topological polar surface area (TPSA) is 0 Å². The predicted octanol–water partition coefficient (Wildman–Crippen LogP) is 7.40. The van der Waals surface area contributed by atoms with Gasteiger partial charge in [0, 0.05) is 0 Å². The van der Waals surface area contributed by atoms with E-state index in [1.165, 1.54) is 48.9 Å². The molecule has 0 nitrogen and oxygen atoms in total. The summed E-state index contributed by atoms with van der Waals surface area (Å²) in [6, 6.07) is 10.3. The molecule has 1 heteroatoms. The lowest BCUT2D eigenvalue weighted by atomic mass is 10.1. The molecule has 0 saturated carbocycles. The van der Waals surface area contributed by atoms with Gasteiger partial charge in [0.2, 0.25) is 0 Å². The highest BCUT2D eigenvalue weighted by molar-refractivity contribution is 6.98. The van der Waals surface area contributed by atoms with E-state index < -0.39 is 8.07 Å². The van der Waals surface area contributed by atoms with Gasteiger partial charge >= 0.3 is 0 Å². The van der Waals surface area contributed by atoms with Crippen molar-refractivity contribution >= 4 is 13.3 Å². The third-order valence-corrected chi connectivity index (χ3v) is 12.5. The van der Waals surface area contributed by atoms with Gasteiger partial charge in [0.25, 0.3) is 0 Å². The average molecular weight is 369 g/mol.